The second kappa shape index (κ2) is 6.40. The molecule has 0 saturated carbocycles. The number of urea groups is 1. The van der Waals surface area contributed by atoms with Crippen LogP contribution < -0.4 is 5.32 Å². The molecule has 2 aromatic heterocycles. The first-order chi connectivity index (χ1) is 12.8. The maximum absolute atomic E-state index is 13.0. The third-order valence-corrected chi connectivity index (χ3v) is 5.12. The lowest BCUT2D eigenvalue weighted by Gasteiger charge is -2.23. The molecular formula is C20H26N6O. The van der Waals surface area contributed by atoms with Crippen LogP contribution in [0.3, 0.4) is 0 Å². The Morgan fingerprint density at radius 2 is 2.07 bits per heavy atom. The van der Waals surface area contributed by atoms with Crippen molar-refractivity contribution in [1.82, 2.24) is 24.6 Å². The Bertz CT molecular complexity index is 947. The van der Waals surface area contributed by atoms with Gasteiger partial charge in [-0.3, -0.25) is 10.00 Å². The molecule has 142 valence electrons. The molecule has 1 atom stereocenters. The van der Waals surface area contributed by atoms with Crippen molar-refractivity contribution in [3.8, 4) is 0 Å². The number of anilines is 1. The highest BCUT2D eigenvalue weighted by atomic mass is 16.2. The van der Waals surface area contributed by atoms with Crippen LogP contribution in [0.25, 0.3) is 11.0 Å². The number of aromatic nitrogens is 4. The number of likely N-dealkylation sites (tertiary alicyclic amines) is 1. The van der Waals surface area contributed by atoms with E-state index < -0.39 is 0 Å². The van der Waals surface area contributed by atoms with Gasteiger partial charge in [-0.25, -0.2) is 9.78 Å². The zero-order valence-corrected chi connectivity index (χ0v) is 16.3. The summed E-state index contributed by atoms with van der Waals surface area (Å²) in [5.74, 6) is 1.56. The summed E-state index contributed by atoms with van der Waals surface area (Å²) in [6.07, 6.45) is 1.87. The van der Waals surface area contributed by atoms with Gasteiger partial charge in [0.1, 0.15) is 11.6 Å². The number of nitrogens with zero attached hydrogens (tertiary/aromatic N) is 4. The van der Waals surface area contributed by atoms with Gasteiger partial charge in [0.2, 0.25) is 0 Å². The van der Waals surface area contributed by atoms with Crippen LogP contribution in [0.4, 0.5) is 10.6 Å². The Labute approximate surface area is 158 Å². The zero-order chi connectivity index (χ0) is 19.2. The van der Waals surface area contributed by atoms with Crippen LogP contribution in [0, 0.1) is 0 Å². The normalized spacial score (nSPS) is 17.6. The Kier molecular flexibility index (Phi) is 4.17. The fourth-order valence-electron chi connectivity index (χ4n) is 3.56. The van der Waals surface area contributed by atoms with Crippen LogP contribution in [0.15, 0.2) is 30.3 Å². The minimum Gasteiger partial charge on any atom is -0.340 e. The maximum atomic E-state index is 13.0. The van der Waals surface area contributed by atoms with Crippen molar-refractivity contribution in [2.75, 3.05) is 11.9 Å². The summed E-state index contributed by atoms with van der Waals surface area (Å²) in [7, 11) is 1.85. The smallest absolute Gasteiger partial charge is 0.323 e. The molecule has 2 amide bonds. The first kappa shape index (κ1) is 17.6. The first-order valence-electron chi connectivity index (χ1n) is 9.40. The first-order valence-corrected chi connectivity index (χ1v) is 9.40. The number of hydrogen-bond acceptors (Lipinski definition) is 3. The number of hydrogen-bond donors (Lipinski definition) is 2. The lowest BCUT2D eigenvalue weighted by molar-refractivity contribution is 0.205. The molecule has 7 nitrogen and oxygen atoms in total. The van der Waals surface area contributed by atoms with Gasteiger partial charge in [0, 0.05) is 25.1 Å². The molecule has 1 saturated heterocycles. The lowest BCUT2D eigenvalue weighted by Crippen LogP contribution is -2.35. The quantitative estimate of drug-likeness (QED) is 0.720. The van der Waals surface area contributed by atoms with Crippen LogP contribution in [-0.2, 0) is 12.5 Å². The molecular weight excluding hydrogens is 340 g/mol. The average Bonchev–Trinajstić information content (AvgIpc) is 3.31. The number of imidazole rings is 1. The van der Waals surface area contributed by atoms with E-state index in [9.17, 15) is 4.79 Å². The van der Waals surface area contributed by atoms with E-state index in [0.717, 1.165) is 41.9 Å². The minimum atomic E-state index is -0.110. The molecule has 4 rings (SSSR count). The molecule has 1 unspecified atom stereocenters. The molecule has 1 aliphatic heterocycles. The van der Waals surface area contributed by atoms with Crippen molar-refractivity contribution in [2.24, 2.45) is 7.05 Å². The number of aryl methyl sites for hydroxylation is 1. The van der Waals surface area contributed by atoms with Gasteiger partial charge >= 0.3 is 6.03 Å². The van der Waals surface area contributed by atoms with Gasteiger partial charge in [-0.2, -0.15) is 5.10 Å². The van der Waals surface area contributed by atoms with Crippen molar-refractivity contribution in [3.63, 3.8) is 0 Å². The maximum Gasteiger partial charge on any atom is 0.323 e. The topological polar surface area (TPSA) is 78.8 Å². The Balaban J connectivity index is 1.55. The number of para-hydroxylation sites is 2. The van der Waals surface area contributed by atoms with Gasteiger partial charge in [-0.15, -0.1) is 0 Å². The summed E-state index contributed by atoms with van der Waals surface area (Å²) in [4.78, 5) is 22.9. The van der Waals surface area contributed by atoms with Gasteiger partial charge in [-0.05, 0) is 25.0 Å². The summed E-state index contributed by atoms with van der Waals surface area (Å²) in [6.45, 7) is 7.05. The molecule has 27 heavy (non-hydrogen) atoms. The number of fused-ring (bicyclic) bond motifs is 1. The van der Waals surface area contributed by atoms with Crippen molar-refractivity contribution < 1.29 is 4.79 Å². The molecule has 3 heterocycles. The highest BCUT2D eigenvalue weighted by Crippen LogP contribution is 2.32. The lowest BCUT2D eigenvalue weighted by atomic mass is 9.92. The van der Waals surface area contributed by atoms with Gasteiger partial charge in [0.05, 0.1) is 22.8 Å². The summed E-state index contributed by atoms with van der Waals surface area (Å²) in [6, 6.07) is 9.76. The third-order valence-electron chi connectivity index (χ3n) is 5.12. The van der Waals surface area contributed by atoms with Crippen LogP contribution in [-0.4, -0.2) is 37.2 Å². The molecule has 3 aromatic rings. The largest absolute Gasteiger partial charge is 0.340 e. The number of nitrogens with one attached hydrogen (secondary N) is 2. The van der Waals surface area contributed by atoms with E-state index >= 15 is 0 Å². The number of rotatable bonds is 2. The zero-order valence-electron chi connectivity index (χ0n) is 16.3. The van der Waals surface area contributed by atoms with Crippen LogP contribution in [0.5, 0.6) is 0 Å². The van der Waals surface area contributed by atoms with Crippen molar-refractivity contribution in [2.45, 2.75) is 45.1 Å². The highest BCUT2D eigenvalue weighted by molar-refractivity contribution is 5.89. The SMILES string of the molecule is Cn1nc(C(C)(C)C)cc1NC(=O)N1CCCC1c1nc2ccccc2[nH]1. The number of aromatic amines is 1. The predicted octanol–water partition coefficient (Wildman–Crippen LogP) is 3.96. The van der Waals surface area contributed by atoms with E-state index in [4.69, 9.17) is 4.98 Å². The number of benzene rings is 1. The van der Waals surface area contributed by atoms with E-state index in [1.54, 1.807) is 4.68 Å². The predicted molar refractivity (Wildman–Crippen MR) is 106 cm³/mol. The number of amides is 2. The molecule has 0 aliphatic carbocycles. The molecule has 1 fully saturated rings. The van der Waals surface area contributed by atoms with Gasteiger partial charge in [0.25, 0.3) is 0 Å². The third kappa shape index (κ3) is 3.29. The van der Waals surface area contributed by atoms with Crippen molar-refractivity contribution >= 4 is 22.9 Å². The molecule has 2 N–H and O–H groups in total. The van der Waals surface area contributed by atoms with Gasteiger partial charge in [0.15, 0.2) is 0 Å². The molecule has 1 aromatic carbocycles. The fourth-order valence-corrected chi connectivity index (χ4v) is 3.56. The van der Waals surface area contributed by atoms with Crippen molar-refractivity contribution in [1.29, 1.82) is 0 Å². The molecule has 0 radical (unpaired) electrons. The summed E-state index contributed by atoms with van der Waals surface area (Å²) in [5, 5.41) is 7.56. The molecule has 0 spiro atoms. The van der Waals surface area contributed by atoms with Crippen LogP contribution in [0.1, 0.15) is 51.2 Å². The monoisotopic (exact) mass is 366 g/mol. The van der Waals surface area contributed by atoms with E-state index in [1.165, 1.54) is 0 Å². The molecule has 1 aliphatic rings. The van der Waals surface area contributed by atoms with E-state index in [0.29, 0.717) is 5.82 Å². The second-order valence-electron chi connectivity index (χ2n) is 8.21. The number of H-pyrrole nitrogens is 1. The molecule has 7 heteroatoms. The summed E-state index contributed by atoms with van der Waals surface area (Å²) in [5.41, 5.74) is 2.82. The summed E-state index contributed by atoms with van der Waals surface area (Å²) >= 11 is 0. The van der Waals surface area contributed by atoms with Gasteiger partial charge in [-0.1, -0.05) is 32.9 Å². The minimum absolute atomic E-state index is 0.0345. The van der Waals surface area contributed by atoms with Crippen LogP contribution in [0.2, 0.25) is 0 Å². The van der Waals surface area contributed by atoms with E-state index in [2.05, 4.69) is 36.2 Å². The fraction of sp³-hybridized carbons (Fsp3) is 0.450. The van der Waals surface area contributed by atoms with E-state index in [-0.39, 0.29) is 17.5 Å². The second-order valence-corrected chi connectivity index (χ2v) is 8.21. The Morgan fingerprint density at radius 3 is 2.78 bits per heavy atom. The summed E-state index contributed by atoms with van der Waals surface area (Å²) < 4.78 is 1.73. The molecule has 0 bridgehead atoms. The standard InChI is InChI=1S/C20H26N6O/c1-20(2,3)16-12-17(25(4)24-16)23-19(27)26-11-7-10-15(26)18-21-13-8-5-6-9-14(13)22-18/h5-6,8-9,12,15H,7,10-11H2,1-4H3,(H,21,22)(H,23,27). The van der Waals surface area contributed by atoms with Crippen molar-refractivity contribution in [3.05, 3.63) is 41.9 Å². The highest BCUT2D eigenvalue weighted by Gasteiger charge is 2.33. The van der Waals surface area contributed by atoms with Crippen LogP contribution >= 0.6 is 0 Å². The Hall–Kier alpha value is -2.83. The van der Waals surface area contributed by atoms with E-state index in [1.807, 2.05) is 42.3 Å². The number of carbonyl (C=O) groups excluding carboxylic acids is 1. The number of carbonyl (C=O) groups is 1. The Morgan fingerprint density at radius 1 is 1.30 bits per heavy atom. The van der Waals surface area contributed by atoms with Gasteiger partial charge < -0.3 is 9.88 Å². The average molecular weight is 366 g/mol.